The molecule has 2 N–H and O–H groups in total. The molecule has 22 heavy (non-hydrogen) atoms. The second-order valence-electron chi connectivity index (χ2n) is 5.81. The Kier molecular flexibility index (Phi) is 4.42. The quantitative estimate of drug-likeness (QED) is 0.852. The molecule has 1 fully saturated rings. The third-order valence-electron chi connectivity index (χ3n) is 3.98. The Balaban J connectivity index is 1.66. The smallest absolute Gasteiger partial charge is 0.251 e. The molecule has 0 saturated heterocycles. The van der Waals surface area contributed by atoms with Crippen LogP contribution in [0.15, 0.2) is 48.5 Å². The van der Waals surface area contributed by atoms with Crippen molar-refractivity contribution < 1.29 is 4.79 Å². The van der Waals surface area contributed by atoms with Crippen LogP contribution < -0.4 is 10.6 Å². The van der Waals surface area contributed by atoms with E-state index >= 15 is 0 Å². The molecular weight excluding hydrogens is 272 g/mol. The summed E-state index contributed by atoms with van der Waals surface area (Å²) >= 11 is 0. The predicted molar refractivity (Wildman–Crippen MR) is 90.1 cm³/mol. The molecule has 3 heteroatoms. The molecule has 3 rings (SSSR count). The molecule has 2 aromatic carbocycles. The first-order chi connectivity index (χ1) is 10.8. The summed E-state index contributed by atoms with van der Waals surface area (Å²) in [6, 6.07) is 16.6. The van der Waals surface area contributed by atoms with Crippen molar-refractivity contribution in [1.29, 1.82) is 0 Å². The van der Waals surface area contributed by atoms with Gasteiger partial charge >= 0.3 is 0 Å². The zero-order valence-corrected chi connectivity index (χ0v) is 12.9. The number of hydrogen-bond acceptors (Lipinski definition) is 2. The summed E-state index contributed by atoms with van der Waals surface area (Å²) in [5, 5.41) is 6.50. The van der Waals surface area contributed by atoms with Gasteiger partial charge in [-0.25, -0.2) is 0 Å². The fourth-order valence-corrected chi connectivity index (χ4v) is 2.52. The minimum absolute atomic E-state index is 0.0401. The van der Waals surface area contributed by atoms with Crippen molar-refractivity contribution in [2.75, 3.05) is 5.32 Å². The van der Waals surface area contributed by atoms with Gasteiger partial charge in [0, 0.05) is 23.8 Å². The first-order valence-electron chi connectivity index (χ1n) is 7.98. The van der Waals surface area contributed by atoms with E-state index in [4.69, 9.17) is 0 Å². The van der Waals surface area contributed by atoms with E-state index in [-0.39, 0.29) is 5.91 Å². The van der Waals surface area contributed by atoms with E-state index in [1.54, 1.807) is 0 Å². The van der Waals surface area contributed by atoms with Crippen LogP contribution in [0.4, 0.5) is 5.69 Å². The summed E-state index contributed by atoms with van der Waals surface area (Å²) in [7, 11) is 0. The average Bonchev–Trinajstić information content (AvgIpc) is 3.37. The van der Waals surface area contributed by atoms with E-state index in [9.17, 15) is 4.79 Å². The van der Waals surface area contributed by atoms with Crippen LogP contribution in [-0.4, -0.2) is 11.9 Å². The lowest BCUT2D eigenvalue weighted by Gasteiger charge is -2.11. The Labute approximate surface area is 131 Å². The molecule has 0 aromatic heterocycles. The molecule has 3 nitrogen and oxygen atoms in total. The molecule has 1 amide bonds. The number of anilines is 1. The van der Waals surface area contributed by atoms with Crippen LogP contribution in [0.3, 0.4) is 0 Å². The van der Waals surface area contributed by atoms with Gasteiger partial charge in [0.15, 0.2) is 0 Å². The second-order valence-corrected chi connectivity index (χ2v) is 5.81. The van der Waals surface area contributed by atoms with Crippen LogP contribution in [-0.2, 0) is 13.0 Å². The Morgan fingerprint density at radius 1 is 1.14 bits per heavy atom. The third-order valence-corrected chi connectivity index (χ3v) is 3.98. The molecule has 0 atom stereocenters. The Morgan fingerprint density at radius 2 is 1.95 bits per heavy atom. The average molecular weight is 294 g/mol. The van der Waals surface area contributed by atoms with Crippen molar-refractivity contribution in [2.45, 2.75) is 38.8 Å². The summed E-state index contributed by atoms with van der Waals surface area (Å²) in [6.45, 7) is 2.88. The van der Waals surface area contributed by atoms with Crippen LogP contribution in [0.5, 0.6) is 0 Å². The van der Waals surface area contributed by atoms with E-state index in [0.29, 0.717) is 6.04 Å². The number of hydrogen-bond donors (Lipinski definition) is 2. The molecule has 0 heterocycles. The van der Waals surface area contributed by atoms with Crippen molar-refractivity contribution in [3.63, 3.8) is 0 Å². The number of benzene rings is 2. The van der Waals surface area contributed by atoms with Crippen molar-refractivity contribution in [3.8, 4) is 0 Å². The largest absolute Gasteiger partial charge is 0.381 e. The van der Waals surface area contributed by atoms with Crippen LogP contribution in [0.25, 0.3) is 0 Å². The molecule has 1 saturated carbocycles. The SMILES string of the molecule is CCc1ccccc1NCc1cccc(C(=O)NC2CC2)c1. The first-order valence-corrected chi connectivity index (χ1v) is 7.98. The molecule has 1 aliphatic rings. The van der Waals surface area contributed by atoms with Crippen molar-refractivity contribution in [1.82, 2.24) is 5.32 Å². The molecule has 0 unspecified atom stereocenters. The maximum absolute atomic E-state index is 12.1. The summed E-state index contributed by atoms with van der Waals surface area (Å²) in [5.74, 6) is 0.0401. The van der Waals surface area contributed by atoms with Gasteiger partial charge in [0.25, 0.3) is 5.91 Å². The Hall–Kier alpha value is -2.29. The number of amides is 1. The standard InChI is InChI=1S/C19H22N2O/c1-2-15-7-3-4-9-18(15)20-13-14-6-5-8-16(12-14)19(22)21-17-10-11-17/h3-9,12,17,20H,2,10-11,13H2,1H3,(H,21,22). The fraction of sp³-hybridized carbons (Fsp3) is 0.316. The fourth-order valence-electron chi connectivity index (χ4n) is 2.52. The Morgan fingerprint density at radius 3 is 2.73 bits per heavy atom. The highest BCUT2D eigenvalue weighted by Crippen LogP contribution is 2.20. The highest BCUT2D eigenvalue weighted by molar-refractivity contribution is 5.94. The number of para-hydroxylation sites is 1. The van der Waals surface area contributed by atoms with Gasteiger partial charge in [0.1, 0.15) is 0 Å². The van der Waals surface area contributed by atoms with Crippen molar-refractivity contribution in [3.05, 3.63) is 65.2 Å². The Bertz CT molecular complexity index is 662. The van der Waals surface area contributed by atoms with E-state index in [1.165, 1.54) is 5.56 Å². The minimum atomic E-state index is 0.0401. The molecule has 0 bridgehead atoms. The molecule has 0 aliphatic heterocycles. The first kappa shape index (κ1) is 14.6. The highest BCUT2D eigenvalue weighted by atomic mass is 16.1. The van der Waals surface area contributed by atoms with Crippen molar-refractivity contribution >= 4 is 11.6 Å². The van der Waals surface area contributed by atoms with Crippen molar-refractivity contribution in [2.24, 2.45) is 0 Å². The molecule has 0 radical (unpaired) electrons. The number of aryl methyl sites for hydroxylation is 1. The summed E-state index contributed by atoms with van der Waals surface area (Å²) < 4.78 is 0. The third kappa shape index (κ3) is 3.67. The monoisotopic (exact) mass is 294 g/mol. The van der Waals surface area contributed by atoms with Crippen LogP contribution in [0, 0.1) is 0 Å². The number of carbonyl (C=O) groups excluding carboxylic acids is 1. The summed E-state index contributed by atoms with van der Waals surface area (Å²) in [6.07, 6.45) is 3.23. The van der Waals surface area contributed by atoms with Gasteiger partial charge in [-0.15, -0.1) is 0 Å². The van der Waals surface area contributed by atoms with Gasteiger partial charge < -0.3 is 10.6 Å². The van der Waals surface area contributed by atoms with E-state index in [1.807, 2.05) is 24.3 Å². The molecule has 0 spiro atoms. The number of rotatable bonds is 6. The van der Waals surface area contributed by atoms with Gasteiger partial charge in [0.05, 0.1) is 0 Å². The molecule has 114 valence electrons. The maximum Gasteiger partial charge on any atom is 0.251 e. The van der Waals surface area contributed by atoms with Gasteiger partial charge in [-0.2, -0.15) is 0 Å². The van der Waals surface area contributed by atoms with Gasteiger partial charge in [-0.05, 0) is 48.6 Å². The lowest BCUT2D eigenvalue weighted by Crippen LogP contribution is -2.25. The topological polar surface area (TPSA) is 41.1 Å². The molecular formula is C19H22N2O. The van der Waals surface area contributed by atoms with Gasteiger partial charge in [0.2, 0.25) is 0 Å². The van der Waals surface area contributed by atoms with E-state index in [0.717, 1.165) is 42.6 Å². The van der Waals surface area contributed by atoms with Crippen LogP contribution in [0.2, 0.25) is 0 Å². The molecule has 1 aliphatic carbocycles. The minimum Gasteiger partial charge on any atom is -0.381 e. The highest BCUT2D eigenvalue weighted by Gasteiger charge is 2.23. The van der Waals surface area contributed by atoms with E-state index < -0.39 is 0 Å². The number of carbonyl (C=O) groups is 1. The van der Waals surface area contributed by atoms with Crippen LogP contribution >= 0.6 is 0 Å². The zero-order chi connectivity index (χ0) is 15.4. The predicted octanol–water partition coefficient (Wildman–Crippen LogP) is 3.75. The normalized spacial score (nSPS) is 13.7. The lowest BCUT2D eigenvalue weighted by atomic mass is 10.1. The lowest BCUT2D eigenvalue weighted by molar-refractivity contribution is 0.0951. The molecule has 2 aromatic rings. The van der Waals surface area contributed by atoms with Gasteiger partial charge in [-0.3, -0.25) is 4.79 Å². The summed E-state index contributed by atoms with van der Waals surface area (Å²) in [4.78, 5) is 12.1. The summed E-state index contributed by atoms with van der Waals surface area (Å²) in [5.41, 5.74) is 4.34. The zero-order valence-electron chi connectivity index (χ0n) is 12.9. The van der Waals surface area contributed by atoms with Gasteiger partial charge in [-0.1, -0.05) is 37.3 Å². The van der Waals surface area contributed by atoms with E-state index in [2.05, 4.69) is 41.8 Å². The maximum atomic E-state index is 12.1. The second kappa shape index (κ2) is 6.65. The number of nitrogens with one attached hydrogen (secondary N) is 2. The van der Waals surface area contributed by atoms with Crippen LogP contribution in [0.1, 0.15) is 41.3 Å².